The number of hydrogen-bond donors (Lipinski definition) is 2. The Morgan fingerprint density at radius 3 is 3.07 bits per heavy atom. The number of nitrogens with zero attached hydrogens (tertiary/aromatic N) is 3. The Labute approximate surface area is 85.5 Å². The van der Waals surface area contributed by atoms with Crippen LogP contribution in [0.2, 0.25) is 0 Å². The molecule has 0 amide bonds. The van der Waals surface area contributed by atoms with Gasteiger partial charge >= 0.3 is 0 Å². The summed E-state index contributed by atoms with van der Waals surface area (Å²) in [6.07, 6.45) is 3.53. The number of hydrogen-bond acceptors (Lipinski definition) is 3. The molecule has 0 unspecified atom stereocenters. The molecule has 0 aliphatic rings. The summed E-state index contributed by atoms with van der Waals surface area (Å²) in [6.45, 7) is 1.83. The van der Waals surface area contributed by atoms with Crippen LogP contribution in [0.5, 0.6) is 0 Å². The molecule has 0 aliphatic carbocycles. The Morgan fingerprint density at radius 1 is 1.64 bits per heavy atom. The summed E-state index contributed by atoms with van der Waals surface area (Å²) in [4.78, 5) is 3.01. The summed E-state index contributed by atoms with van der Waals surface area (Å²) in [5, 5.41) is 10.8. The fourth-order valence-corrected chi connectivity index (χ4v) is 1.28. The molecule has 0 radical (unpaired) electrons. The van der Waals surface area contributed by atoms with Gasteiger partial charge in [-0.05, 0) is 31.3 Å². The summed E-state index contributed by atoms with van der Waals surface area (Å²) in [6, 6.07) is 3.82. The van der Waals surface area contributed by atoms with E-state index in [-0.39, 0.29) is 0 Å². The van der Waals surface area contributed by atoms with Crippen LogP contribution < -0.4 is 0 Å². The van der Waals surface area contributed by atoms with E-state index < -0.39 is 0 Å². The number of nitrogens with one attached hydrogen (secondary N) is 2. The van der Waals surface area contributed by atoms with Gasteiger partial charge in [-0.1, -0.05) is 0 Å². The molecule has 2 aromatic rings. The average Bonchev–Trinajstić information content (AvgIpc) is 2.76. The third-order valence-corrected chi connectivity index (χ3v) is 2.01. The maximum absolute atomic E-state index is 4.99. The molecule has 72 valence electrons. The summed E-state index contributed by atoms with van der Waals surface area (Å²) >= 11 is 4.99. The second-order valence-corrected chi connectivity index (χ2v) is 3.14. The van der Waals surface area contributed by atoms with Gasteiger partial charge in [-0.15, -0.1) is 0 Å². The Balaban J connectivity index is 2.31. The maximum Gasteiger partial charge on any atom is 0.216 e. The zero-order valence-electron chi connectivity index (χ0n) is 7.56. The molecule has 6 heteroatoms. The molecule has 0 fully saturated rings. The lowest BCUT2D eigenvalue weighted by Gasteiger charge is -1.92. The molecular weight excluding hydrogens is 198 g/mol. The van der Waals surface area contributed by atoms with E-state index in [4.69, 9.17) is 12.2 Å². The van der Waals surface area contributed by atoms with Crippen molar-refractivity contribution in [3.05, 3.63) is 34.6 Å². The Hall–Kier alpha value is -1.69. The smallest absolute Gasteiger partial charge is 0.216 e. The molecule has 2 aromatic heterocycles. The van der Waals surface area contributed by atoms with E-state index in [0.29, 0.717) is 4.77 Å². The van der Waals surface area contributed by atoms with Crippen LogP contribution in [0.15, 0.2) is 23.4 Å². The highest BCUT2D eigenvalue weighted by atomic mass is 32.1. The summed E-state index contributed by atoms with van der Waals surface area (Å²) in [7, 11) is 0. The number of aryl methyl sites for hydroxylation is 1. The first kappa shape index (κ1) is 8.89. The van der Waals surface area contributed by atoms with Crippen molar-refractivity contribution >= 4 is 18.4 Å². The minimum absolute atomic E-state index is 0.491. The van der Waals surface area contributed by atoms with Gasteiger partial charge < -0.3 is 4.98 Å². The van der Waals surface area contributed by atoms with Crippen molar-refractivity contribution < 1.29 is 0 Å². The SMILES string of the molecule is Cc1n[nH]c(=S)n1/N=C/c1ccc[nH]1. The quantitative estimate of drug-likeness (QED) is 0.578. The molecule has 0 saturated carbocycles. The van der Waals surface area contributed by atoms with Gasteiger partial charge in [0.1, 0.15) is 5.82 Å². The highest BCUT2D eigenvalue weighted by molar-refractivity contribution is 7.71. The van der Waals surface area contributed by atoms with E-state index in [9.17, 15) is 0 Å². The van der Waals surface area contributed by atoms with Crippen LogP contribution >= 0.6 is 12.2 Å². The third kappa shape index (κ3) is 1.64. The zero-order chi connectivity index (χ0) is 9.97. The highest BCUT2D eigenvalue weighted by Crippen LogP contribution is 1.96. The van der Waals surface area contributed by atoms with E-state index in [1.54, 1.807) is 10.9 Å². The molecule has 14 heavy (non-hydrogen) atoms. The van der Waals surface area contributed by atoms with Gasteiger partial charge in [0.25, 0.3) is 0 Å². The largest absolute Gasteiger partial charge is 0.360 e. The van der Waals surface area contributed by atoms with Gasteiger partial charge in [0.15, 0.2) is 0 Å². The number of aromatic nitrogens is 4. The predicted octanol–water partition coefficient (Wildman–Crippen LogP) is 1.46. The van der Waals surface area contributed by atoms with Crippen molar-refractivity contribution in [2.24, 2.45) is 5.10 Å². The summed E-state index contributed by atoms with van der Waals surface area (Å²) < 4.78 is 2.06. The maximum atomic E-state index is 4.99. The van der Waals surface area contributed by atoms with Crippen LogP contribution in [-0.2, 0) is 0 Å². The third-order valence-electron chi connectivity index (χ3n) is 1.75. The Kier molecular flexibility index (Phi) is 2.28. The van der Waals surface area contributed by atoms with Crippen LogP contribution in [0.1, 0.15) is 11.5 Å². The van der Waals surface area contributed by atoms with Crippen molar-refractivity contribution in [1.29, 1.82) is 0 Å². The number of aromatic amines is 2. The van der Waals surface area contributed by atoms with Gasteiger partial charge in [0, 0.05) is 6.20 Å². The second kappa shape index (κ2) is 3.59. The number of rotatable bonds is 2. The lowest BCUT2D eigenvalue weighted by Crippen LogP contribution is -1.93. The lowest BCUT2D eigenvalue weighted by atomic mass is 10.5. The lowest BCUT2D eigenvalue weighted by molar-refractivity contribution is 0.820. The first-order valence-corrected chi connectivity index (χ1v) is 4.50. The van der Waals surface area contributed by atoms with Crippen molar-refractivity contribution in [2.45, 2.75) is 6.92 Å². The predicted molar refractivity (Wildman–Crippen MR) is 55.9 cm³/mol. The first-order valence-electron chi connectivity index (χ1n) is 4.09. The molecular formula is C8H9N5S. The molecule has 0 aliphatic heterocycles. The van der Waals surface area contributed by atoms with Crippen molar-refractivity contribution in [3.63, 3.8) is 0 Å². The molecule has 0 saturated heterocycles. The van der Waals surface area contributed by atoms with E-state index in [1.807, 2.05) is 25.3 Å². The van der Waals surface area contributed by atoms with Crippen molar-refractivity contribution in [2.75, 3.05) is 0 Å². The van der Waals surface area contributed by atoms with Crippen LogP contribution in [-0.4, -0.2) is 26.1 Å². The van der Waals surface area contributed by atoms with E-state index in [0.717, 1.165) is 11.5 Å². The molecule has 5 nitrogen and oxygen atoms in total. The second-order valence-electron chi connectivity index (χ2n) is 2.76. The minimum atomic E-state index is 0.491. The topological polar surface area (TPSA) is 61.8 Å². The highest BCUT2D eigenvalue weighted by Gasteiger charge is 1.96. The van der Waals surface area contributed by atoms with Gasteiger partial charge in [-0.3, -0.25) is 5.10 Å². The van der Waals surface area contributed by atoms with E-state index >= 15 is 0 Å². The Bertz CT molecular complexity index is 490. The zero-order valence-corrected chi connectivity index (χ0v) is 8.38. The standard InChI is InChI=1S/C8H9N5S/c1-6-11-12-8(14)13(6)10-5-7-3-2-4-9-7/h2-5,9H,1H3,(H,12,14)/b10-5+. The summed E-state index contributed by atoms with van der Waals surface area (Å²) in [5.41, 5.74) is 0.924. The van der Waals surface area contributed by atoms with Crippen LogP contribution in [0, 0.1) is 11.7 Å². The molecule has 0 bridgehead atoms. The molecule has 0 atom stereocenters. The van der Waals surface area contributed by atoms with Gasteiger partial charge in [-0.25, -0.2) is 0 Å². The molecule has 0 spiro atoms. The number of H-pyrrole nitrogens is 2. The van der Waals surface area contributed by atoms with Gasteiger partial charge in [0.2, 0.25) is 4.77 Å². The van der Waals surface area contributed by atoms with Crippen molar-refractivity contribution in [3.8, 4) is 0 Å². The fraction of sp³-hybridized carbons (Fsp3) is 0.125. The Morgan fingerprint density at radius 2 is 2.50 bits per heavy atom. The molecule has 0 aromatic carbocycles. The van der Waals surface area contributed by atoms with Gasteiger partial charge in [0.05, 0.1) is 11.9 Å². The normalized spacial score (nSPS) is 11.2. The molecule has 2 heterocycles. The molecule has 2 rings (SSSR count). The van der Waals surface area contributed by atoms with Crippen LogP contribution in [0.4, 0.5) is 0 Å². The first-order chi connectivity index (χ1) is 6.77. The monoisotopic (exact) mass is 207 g/mol. The molecule has 2 N–H and O–H groups in total. The van der Waals surface area contributed by atoms with E-state index in [2.05, 4.69) is 20.3 Å². The van der Waals surface area contributed by atoms with Gasteiger partial charge in [-0.2, -0.15) is 14.9 Å². The van der Waals surface area contributed by atoms with Crippen LogP contribution in [0.25, 0.3) is 0 Å². The van der Waals surface area contributed by atoms with E-state index in [1.165, 1.54) is 0 Å². The van der Waals surface area contributed by atoms with Crippen LogP contribution in [0.3, 0.4) is 0 Å². The summed E-state index contributed by atoms with van der Waals surface area (Å²) in [5.74, 6) is 0.734. The fourth-order valence-electron chi connectivity index (χ4n) is 1.05. The van der Waals surface area contributed by atoms with Crippen molar-refractivity contribution in [1.82, 2.24) is 19.9 Å². The average molecular weight is 207 g/mol. The minimum Gasteiger partial charge on any atom is -0.360 e.